The Bertz CT molecular complexity index is 579. The number of nitrogens with zero attached hydrogens (tertiary/aromatic N) is 1. The number of aromatic amines is 1. The molecule has 1 aromatic heterocycles. The summed E-state index contributed by atoms with van der Waals surface area (Å²) in [5.74, 6) is -0.522. The van der Waals surface area contributed by atoms with Gasteiger partial charge < -0.3 is 5.32 Å². The van der Waals surface area contributed by atoms with Crippen molar-refractivity contribution in [3.63, 3.8) is 0 Å². The molecule has 1 heterocycles. The van der Waals surface area contributed by atoms with Gasteiger partial charge in [0.05, 0.1) is 11.1 Å². The second-order valence-electron chi connectivity index (χ2n) is 3.61. The van der Waals surface area contributed by atoms with E-state index in [2.05, 4.69) is 15.5 Å². The molecule has 0 bridgehead atoms. The first-order valence-corrected chi connectivity index (χ1v) is 4.99. The fourth-order valence-corrected chi connectivity index (χ4v) is 1.66. The zero-order valence-electron chi connectivity index (χ0n) is 9.04. The number of hydrogen-bond acceptors (Lipinski definition) is 3. The number of H-pyrrole nitrogens is 1. The maximum Gasteiger partial charge on any atom is 0.275 e. The summed E-state index contributed by atoms with van der Waals surface area (Å²) >= 11 is 0. The maximum atomic E-state index is 13.5. The molecule has 0 aliphatic carbocycles. The second-order valence-corrected chi connectivity index (χ2v) is 3.61. The zero-order chi connectivity index (χ0) is 11.7. The average molecular weight is 221 g/mol. The Labute approximate surface area is 91.5 Å². The van der Waals surface area contributed by atoms with Crippen molar-refractivity contribution in [1.29, 1.82) is 0 Å². The predicted octanol–water partition coefficient (Wildman–Crippen LogP) is 1.34. The lowest BCUT2D eigenvalue weighted by Gasteiger charge is -2.11. The van der Waals surface area contributed by atoms with E-state index in [4.69, 9.17) is 0 Å². The molecule has 0 amide bonds. The van der Waals surface area contributed by atoms with Gasteiger partial charge in [0.15, 0.2) is 0 Å². The number of fused-ring (bicyclic) bond motifs is 1. The van der Waals surface area contributed by atoms with Crippen LogP contribution < -0.4 is 10.9 Å². The third kappa shape index (κ3) is 1.59. The van der Waals surface area contributed by atoms with Gasteiger partial charge in [-0.3, -0.25) is 4.79 Å². The van der Waals surface area contributed by atoms with Gasteiger partial charge in [-0.2, -0.15) is 5.10 Å². The summed E-state index contributed by atoms with van der Waals surface area (Å²) in [7, 11) is 1.78. The molecule has 0 radical (unpaired) electrons. The highest BCUT2D eigenvalue weighted by atomic mass is 19.1. The van der Waals surface area contributed by atoms with Crippen LogP contribution in [0.1, 0.15) is 18.7 Å². The first kappa shape index (κ1) is 10.8. The molecule has 0 fully saturated rings. The van der Waals surface area contributed by atoms with Crippen molar-refractivity contribution in [3.8, 4) is 0 Å². The van der Waals surface area contributed by atoms with E-state index in [1.165, 1.54) is 6.07 Å². The van der Waals surface area contributed by atoms with Gasteiger partial charge >= 0.3 is 0 Å². The van der Waals surface area contributed by atoms with Crippen LogP contribution in [0.4, 0.5) is 4.39 Å². The van der Waals surface area contributed by atoms with Crippen molar-refractivity contribution in [1.82, 2.24) is 15.5 Å². The lowest BCUT2D eigenvalue weighted by molar-refractivity contribution is 0.620. The second kappa shape index (κ2) is 4.02. The Kier molecular flexibility index (Phi) is 2.70. The molecule has 2 aromatic rings. The molecule has 1 atom stereocenters. The fourth-order valence-electron chi connectivity index (χ4n) is 1.66. The molecular weight excluding hydrogens is 209 g/mol. The summed E-state index contributed by atoms with van der Waals surface area (Å²) < 4.78 is 13.5. The summed E-state index contributed by atoms with van der Waals surface area (Å²) in [5, 5.41) is 9.88. The van der Waals surface area contributed by atoms with Crippen LogP contribution in [0.2, 0.25) is 0 Å². The van der Waals surface area contributed by atoms with Crippen molar-refractivity contribution < 1.29 is 4.39 Å². The Balaban J connectivity index is 2.84. The fraction of sp³-hybridized carbons (Fsp3) is 0.273. The Morgan fingerprint density at radius 3 is 2.94 bits per heavy atom. The molecule has 1 unspecified atom stereocenters. The molecule has 0 spiro atoms. The van der Waals surface area contributed by atoms with Crippen molar-refractivity contribution in [2.24, 2.45) is 0 Å². The predicted molar refractivity (Wildman–Crippen MR) is 59.8 cm³/mol. The topological polar surface area (TPSA) is 57.8 Å². The van der Waals surface area contributed by atoms with Crippen molar-refractivity contribution in [2.45, 2.75) is 13.0 Å². The highest BCUT2D eigenvalue weighted by Crippen LogP contribution is 2.20. The first-order chi connectivity index (χ1) is 7.65. The molecular formula is C11H12FN3O. The van der Waals surface area contributed by atoms with Crippen molar-refractivity contribution in [2.75, 3.05) is 7.05 Å². The van der Waals surface area contributed by atoms with Gasteiger partial charge in [-0.05, 0) is 20.0 Å². The lowest BCUT2D eigenvalue weighted by atomic mass is 10.1. The Hall–Kier alpha value is -1.75. The van der Waals surface area contributed by atoms with E-state index >= 15 is 0 Å². The number of hydrogen-bond donors (Lipinski definition) is 2. The smallest absolute Gasteiger partial charge is 0.275 e. The largest absolute Gasteiger partial charge is 0.312 e. The quantitative estimate of drug-likeness (QED) is 0.804. The van der Waals surface area contributed by atoms with E-state index in [-0.39, 0.29) is 11.4 Å². The van der Waals surface area contributed by atoms with Crippen LogP contribution in [0, 0.1) is 5.82 Å². The third-order valence-corrected chi connectivity index (χ3v) is 2.64. The highest BCUT2D eigenvalue weighted by molar-refractivity contribution is 5.84. The van der Waals surface area contributed by atoms with E-state index in [0.717, 1.165) is 0 Å². The van der Waals surface area contributed by atoms with E-state index < -0.39 is 11.4 Å². The number of rotatable bonds is 2. The third-order valence-electron chi connectivity index (χ3n) is 2.64. The van der Waals surface area contributed by atoms with Crippen LogP contribution in [-0.2, 0) is 0 Å². The van der Waals surface area contributed by atoms with E-state index in [1.54, 1.807) is 19.2 Å². The normalized spacial score (nSPS) is 12.9. The minimum absolute atomic E-state index is 0.0545. The van der Waals surface area contributed by atoms with Crippen LogP contribution in [0.3, 0.4) is 0 Å². The number of nitrogens with one attached hydrogen (secondary N) is 2. The molecule has 1 aromatic carbocycles. The summed E-state index contributed by atoms with van der Waals surface area (Å²) in [5.41, 5.74) is 0.136. The molecule has 2 N–H and O–H groups in total. The number of aromatic nitrogens is 2. The molecule has 0 saturated heterocycles. The standard InChI is InChI=1S/C11H12FN3O/c1-6(13-2)10-7-4-3-5-8(12)9(7)11(16)15-14-10/h3-6,13H,1-2H3,(H,15,16). The van der Waals surface area contributed by atoms with Gasteiger partial charge in [-0.15, -0.1) is 0 Å². The van der Waals surface area contributed by atoms with Crippen LogP contribution >= 0.6 is 0 Å². The minimum atomic E-state index is -0.522. The van der Waals surface area contributed by atoms with E-state index in [0.29, 0.717) is 11.1 Å². The van der Waals surface area contributed by atoms with Gasteiger partial charge in [-0.25, -0.2) is 9.49 Å². The average Bonchev–Trinajstić information content (AvgIpc) is 2.28. The van der Waals surface area contributed by atoms with Gasteiger partial charge in [-0.1, -0.05) is 12.1 Å². The van der Waals surface area contributed by atoms with Gasteiger partial charge in [0.1, 0.15) is 5.82 Å². The molecule has 16 heavy (non-hydrogen) atoms. The van der Waals surface area contributed by atoms with E-state index in [1.807, 2.05) is 6.92 Å². The monoisotopic (exact) mass is 221 g/mol. The molecule has 0 saturated carbocycles. The SMILES string of the molecule is CNC(C)c1n[nH]c(=O)c2c(F)cccc12. The van der Waals surface area contributed by atoms with Crippen LogP contribution in [0.25, 0.3) is 10.8 Å². The molecule has 0 aliphatic rings. The number of halogens is 1. The molecule has 4 nitrogen and oxygen atoms in total. The first-order valence-electron chi connectivity index (χ1n) is 4.99. The van der Waals surface area contributed by atoms with Crippen molar-refractivity contribution >= 4 is 10.8 Å². The van der Waals surface area contributed by atoms with Crippen LogP contribution in [0.15, 0.2) is 23.0 Å². The van der Waals surface area contributed by atoms with Crippen molar-refractivity contribution in [3.05, 3.63) is 40.1 Å². The summed E-state index contributed by atoms with van der Waals surface area (Å²) in [6.07, 6.45) is 0. The molecule has 0 aliphatic heterocycles. The number of benzene rings is 1. The summed E-state index contributed by atoms with van der Waals surface area (Å²) in [6, 6.07) is 4.49. The van der Waals surface area contributed by atoms with Crippen LogP contribution in [0.5, 0.6) is 0 Å². The lowest BCUT2D eigenvalue weighted by Crippen LogP contribution is -2.19. The minimum Gasteiger partial charge on any atom is -0.312 e. The van der Waals surface area contributed by atoms with Gasteiger partial charge in [0.25, 0.3) is 5.56 Å². The highest BCUT2D eigenvalue weighted by Gasteiger charge is 2.13. The van der Waals surface area contributed by atoms with E-state index in [9.17, 15) is 9.18 Å². The maximum absolute atomic E-state index is 13.5. The summed E-state index contributed by atoms with van der Waals surface area (Å²) in [4.78, 5) is 11.5. The van der Waals surface area contributed by atoms with Crippen LogP contribution in [-0.4, -0.2) is 17.2 Å². The van der Waals surface area contributed by atoms with Gasteiger partial charge in [0, 0.05) is 11.4 Å². The Morgan fingerprint density at radius 2 is 2.25 bits per heavy atom. The Morgan fingerprint density at radius 1 is 1.50 bits per heavy atom. The molecule has 5 heteroatoms. The van der Waals surface area contributed by atoms with Gasteiger partial charge in [0.2, 0.25) is 0 Å². The molecule has 84 valence electrons. The summed E-state index contributed by atoms with van der Waals surface area (Å²) in [6.45, 7) is 1.89. The molecule has 2 rings (SSSR count). The zero-order valence-corrected chi connectivity index (χ0v) is 9.04.